The van der Waals surface area contributed by atoms with E-state index in [-0.39, 0.29) is 10.6 Å². The number of hydrogen-bond donors (Lipinski definition) is 0. The number of aromatic nitrogens is 4. The number of thioether (sulfide) groups is 1. The first-order valence-corrected chi connectivity index (χ1v) is 9.84. The number of nitro benzene ring substituents is 1. The van der Waals surface area contributed by atoms with Gasteiger partial charge in [-0.1, -0.05) is 30.0 Å². The van der Waals surface area contributed by atoms with E-state index in [0.29, 0.717) is 34.5 Å². The minimum Gasteiger partial charge on any atom is -0.467 e. The molecule has 0 saturated heterocycles. The Hall–Kier alpha value is -3.46. The van der Waals surface area contributed by atoms with Crippen molar-refractivity contribution in [2.45, 2.75) is 24.4 Å². The summed E-state index contributed by atoms with van der Waals surface area (Å²) in [7, 11) is 0. The third-order valence-electron chi connectivity index (χ3n) is 4.48. The van der Waals surface area contributed by atoms with Crippen molar-refractivity contribution < 1.29 is 9.34 Å². The van der Waals surface area contributed by atoms with Crippen molar-refractivity contribution in [1.29, 1.82) is 0 Å². The Morgan fingerprint density at radius 3 is 2.76 bits per heavy atom. The molecule has 0 aliphatic rings. The molecule has 4 aromatic rings. The van der Waals surface area contributed by atoms with Crippen LogP contribution in [0.2, 0.25) is 0 Å². The van der Waals surface area contributed by atoms with Gasteiger partial charge in [-0.2, -0.15) is 0 Å². The summed E-state index contributed by atoms with van der Waals surface area (Å²) in [6.45, 7) is 2.23. The van der Waals surface area contributed by atoms with Gasteiger partial charge in [-0.3, -0.25) is 19.7 Å². The van der Waals surface area contributed by atoms with Crippen molar-refractivity contribution in [3.63, 3.8) is 0 Å². The molecule has 8 nitrogen and oxygen atoms in total. The Morgan fingerprint density at radius 2 is 2.03 bits per heavy atom. The van der Waals surface area contributed by atoms with E-state index < -0.39 is 0 Å². The number of nitrogens with zero attached hydrogens (tertiary/aromatic N) is 5. The van der Waals surface area contributed by atoms with Crippen molar-refractivity contribution >= 4 is 17.4 Å². The Bertz CT molecular complexity index is 1130. The largest absolute Gasteiger partial charge is 0.467 e. The highest BCUT2D eigenvalue weighted by molar-refractivity contribution is 7.98. The molecular weight excluding hydrogens is 390 g/mol. The zero-order valence-electron chi connectivity index (χ0n) is 15.6. The SMILES string of the molecule is Cc1c(CSc2nnc(-c3ccccn3)n2Cc2ccco2)cccc1[N+](=O)[O-]. The first-order valence-electron chi connectivity index (χ1n) is 8.86. The van der Waals surface area contributed by atoms with E-state index in [9.17, 15) is 10.1 Å². The summed E-state index contributed by atoms with van der Waals surface area (Å²) in [5, 5.41) is 20.5. The van der Waals surface area contributed by atoms with Gasteiger partial charge in [-0.15, -0.1) is 10.2 Å². The van der Waals surface area contributed by atoms with Crippen molar-refractivity contribution in [2.24, 2.45) is 0 Å². The fourth-order valence-electron chi connectivity index (χ4n) is 2.95. The highest BCUT2D eigenvalue weighted by Gasteiger charge is 2.18. The maximum atomic E-state index is 11.2. The molecule has 0 aliphatic carbocycles. The van der Waals surface area contributed by atoms with Crippen molar-refractivity contribution in [3.8, 4) is 11.5 Å². The number of nitro groups is 1. The molecule has 0 aliphatic heterocycles. The fourth-order valence-corrected chi connectivity index (χ4v) is 3.95. The van der Waals surface area contributed by atoms with Gasteiger partial charge in [-0.05, 0) is 36.8 Å². The van der Waals surface area contributed by atoms with Gasteiger partial charge in [-0.25, -0.2) is 0 Å². The summed E-state index contributed by atoms with van der Waals surface area (Å²) in [5.74, 6) is 1.95. The summed E-state index contributed by atoms with van der Waals surface area (Å²) in [5.41, 5.74) is 2.38. The van der Waals surface area contributed by atoms with E-state index in [1.54, 1.807) is 25.5 Å². The third kappa shape index (κ3) is 4.04. The van der Waals surface area contributed by atoms with Crippen LogP contribution in [-0.4, -0.2) is 24.7 Å². The zero-order valence-corrected chi connectivity index (χ0v) is 16.4. The maximum Gasteiger partial charge on any atom is 0.272 e. The molecule has 0 amide bonds. The molecule has 0 spiro atoms. The van der Waals surface area contributed by atoms with Crippen LogP contribution in [-0.2, 0) is 12.3 Å². The maximum absolute atomic E-state index is 11.2. The lowest BCUT2D eigenvalue weighted by atomic mass is 10.1. The van der Waals surface area contributed by atoms with Gasteiger partial charge in [0.2, 0.25) is 0 Å². The van der Waals surface area contributed by atoms with Crippen LogP contribution in [0, 0.1) is 17.0 Å². The summed E-state index contributed by atoms with van der Waals surface area (Å²) in [6.07, 6.45) is 3.33. The second-order valence-corrected chi connectivity index (χ2v) is 7.24. The van der Waals surface area contributed by atoms with Crippen molar-refractivity contribution in [3.05, 3.63) is 88.0 Å². The summed E-state index contributed by atoms with van der Waals surface area (Å²) in [4.78, 5) is 15.2. The highest BCUT2D eigenvalue weighted by Crippen LogP contribution is 2.30. The van der Waals surface area contributed by atoms with Crippen LogP contribution in [0.15, 0.2) is 70.6 Å². The minimum absolute atomic E-state index is 0.120. The number of benzene rings is 1. The first kappa shape index (κ1) is 18.9. The second-order valence-electron chi connectivity index (χ2n) is 6.29. The van der Waals surface area contributed by atoms with Crippen LogP contribution in [0.1, 0.15) is 16.9 Å². The molecule has 0 atom stereocenters. The molecule has 0 N–H and O–H groups in total. The molecular formula is C20H17N5O3S. The average Bonchev–Trinajstić information content (AvgIpc) is 3.38. The van der Waals surface area contributed by atoms with Crippen molar-refractivity contribution in [1.82, 2.24) is 19.7 Å². The van der Waals surface area contributed by atoms with Gasteiger partial charge in [0, 0.05) is 23.6 Å². The predicted molar refractivity (Wildman–Crippen MR) is 108 cm³/mol. The normalized spacial score (nSPS) is 10.9. The Balaban J connectivity index is 1.65. The van der Waals surface area contributed by atoms with Gasteiger partial charge < -0.3 is 4.42 Å². The van der Waals surface area contributed by atoms with Crippen LogP contribution >= 0.6 is 11.8 Å². The Labute approximate surface area is 170 Å². The van der Waals surface area contributed by atoms with E-state index in [4.69, 9.17) is 4.42 Å². The number of rotatable bonds is 7. The lowest BCUT2D eigenvalue weighted by Crippen LogP contribution is -2.04. The van der Waals surface area contributed by atoms with Gasteiger partial charge in [0.15, 0.2) is 11.0 Å². The molecule has 3 heterocycles. The molecule has 3 aromatic heterocycles. The monoisotopic (exact) mass is 407 g/mol. The molecule has 0 unspecified atom stereocenters. The van der Waals surface area contributed by atoms with Gasteiger partial charge in [0.1, 0.15) is 11.5 Å². The van der Waals surface area contributed by atoms with Gasteiger partial charge in [0.25, 0.3) is 5.69 Å². The van der Waals surface area contributed by atoms with E-state index in [1.165, 1.54) is 17.8 Å². The quantitative estimate of drug-likeness (QED) is 0.253. The van der Waals surface area contributed by atoms with Crippen LogP contribution in [0.25, 0.3) is 11.5 Å². The fraction of sp³-hybridized carbons (Fsp3) is 0.150. The highest BCUT2D eigenvalue weighted by atomic mass is 32.2. The summed E-state index contributed by atoms with van der Waals surface area (Å²) in [6, 6.07) is 14.5. The number of hydrogen-bond acceptors (Lipinski definition) is 7. The molecule has 0 bridgehead atoms. The Kier molecular flexibility index (Phi) is 5.39. The van der Waals surface area contributed by atoms with E-state index in [1.807, 2.05) is 41.0 Å². The third-order valence-corrected chi connectivity index (χ3v) is 5.49. The number of furan rings is 1. The molecule has 0 radical (unpaired) electrons. The summed E-state index contributed by atoms with van der Waals surface area (Å²) >= 11 is 1.47. The Morgan fingerprint density at radius 1 is 1.14 bits per heavy atom. The van der Waals surface area contributed by atoms with Crippen molar-refractivity contribution in [2.75, 3.05) is 0 Å². The van der Waals surface area contributed by atoms with Crippen LogP contribution < -0.4 is 0 Å². The molecule has 4 rings (SSSR count). The van der Waals surface area contributed by atoms with E-state index in [2.05, 4.69) is 15.2 Å². The molecule has 0 fully saturated rings. The lowest BCUT2D eigenvalue weighted by molar-refractivity contribution is -0.385. The lowest BCUT2D eigenvalue weighted by Gasteiger charge is -2.09. The molecule has 9 heteroatoms. The summed E-state index contributed by atoms with van der Waals surface area (Å²) < 4.78 is 7.44. The molecule has 1 aromatic carbocycles. The van der Waals surface area contributed by atoms with E-state index in [0.717, 1.165) is 11.3 Å². The minimum atomic E-state index is -0.359. The van der Waals surface area contributed by atoms with Gasteiger partial charge >= 0.3 is 0 Å². The predicted octanol–water partition coefficient (Wildman–Crippen LogP) is 4.49. The molecule has 29 heavy (non-hydrogen) atoms. The topological polar surface area (TPSA) is 99.9 Å². The standard InChI is InChI=1S/C20H17N5O3S/c1-14-15(6-4-9-18(14)25(26)27)13-29-20-23-22-19(17-8-2-3-10-21-17)24(20)12-16-7-5-11-28-16/h2-11H,12-13H2,1H3. The second kappa shape index (κ2) is 8.27. The van der Waals surface area contributed by atoms with Gasteiger partial charge in [0.05, 0.1) is 17.7 Å². The average molecular weight is 407 g/mol. The zero-order chi connectivity index (χ0) is 20.2. The molecule has 146 valence electrons. The smallest absolute Gasteiger partial charge is 0.272 e. The number of pyridine rings is 1. The molecule has 0 saturated carbocycles. The van der Waals surface area contributed by atoms with Crippen LogP contribution in [0.5, 0.6) is 0 Å². The van der Waals surface area contributed by atoms with E-state index >= 15 is 0 Å². The van der Waals surface area contributed by atoms with Crippen LogP contribution in [0.4, 0.5) is 5.69 Å². The first-order chi connectivity index (χ1) is 14.1. The van der Waals surface area contributed by atoms with Crippen LogP contribution in [0.3, 0.4) is 0 Å².